The van der Waals surface area contributed by atoms with E-state index in [0.29, 0.717) is 0 Å². The van der Waals surface area contributed by atoms with Gasteiger partial charge in [0.15, 0.2) is 0 Å². The van der Waals surface area contributed by atoms with Gasteiger partial charge in [-0.2, -0.15) is 0 Å². The highest BCUT2D eigenvalue weighted by atomic mass is 14.0. The predicted molar refractivity (Wildman–Crippen MR) is 25.2 cm³/mol. The van der Waals surface area contributed by atoms with Gasteiger partial charge in [0.05, 0.1) is 0 Å². The lowest BCUT2D eigenvalue weighted by molar-refractivity contribution is 2.13. The van der Waals surface area contributed by atoms with Gasteiger partial charge in [-0.3, -0.25) is 0 Å². The zero-order valence-electron chi connectivity index (χ0n) is 0.707. The van der Waals surface area contributed by atoms with E-state index < -0.39 is 0 Å². The molecule has 0 aromatic rings. The van der Waals surface area contributed by atoms with Crippen molar-refractivity contribution in [2.24, 2.45) is 0 Å². The molecule has 0 atom stereocenters. The van der Waals surface area contributed by atoms with Crippen molar-refractivity contribution in [2.45, 2.75) is 22.3 Å². The molecule has 0 spiro atoms. The van der Waals surface area contributed by atoms with Crippen LogP contribution < -0.4 is 6.15 Å². The van der Waals surface area contributed by atoms with E-state index in [9.17, 15) is 0 Å². The molecule has 1 nitrogen and oxygen atoms in total. The summed E-state index contributed by atoms with van der Waals surface area (Å²) in [4.78, 5) is 0. The Kier molecular flexibility index (Phi) is 38500000. The molecular formula is C3H15N. The third kappa shape index (κ3) is 1130. The molecule has 0 saturated heterocycles. The topological polar surface area (TPSA) is 35.0 Å². The minimum absolute atomic E-state index is 0. The number of hydrogen-bond donors (Lipinski definition) is 1. The van der Waals surface area contributed by atoms with Gasteiger partial charge in [-0.25, -0.2) is 0 Å². The van der Waals surface area contributed by atoms with Crippen LogP contribution in [0.2, 0.25) is 0 Å². The van der Waals surface area contributed by atoms with Gasteiger partial charge in [-0.15, -0.1) is 0 Å². The van der Waals surface area contributed by atoms with Gasteiger partial charge in [0, 0.05) is 0 Å². The molecule has 0 aromatic heterocycles. The van der Waals surface area contributed by atoms with Crippen molar-refractivity contribution in [1.82, 2.24) is 6.15 Å². The average Bonchev–Trinajstić information content (AvgIpc) is 0. The van der Waals surface area contributed by atoms with Crippen LogP contribution in [0, 0.1) is 0 Å². The highest BCUT2D eigenvalue weighted by Crippen LogP contribution is 0.146. The highest BCUT2D eigenvalue weighted by molar-refractivity contribution is 2.51. The zero-order chi connectivity index (χ0) is 0. The Balaban J connectivity index is 0. The fraction of sp³-hybridized carbons (Fsp3) is 1.00. The molecule has 0 rings (SSSR count). The minimum Gasteiger partial charge on any atom is -0.344 e. The summed E-state index contributed by atoms with van der Waals surface area (Å²) in [5.74, 6) is 0. The van der Waals surface area contributed by atoms with Gasteiger partial charge in [0.25, 0.3) is 0 Å². The van der Waals surface area contributed by atoms with Crippen LogP contribution >= 0.6 is 0 Å². The molecule has 0 fully saturated rings. The van der Waals surface area contributed by atoms with Crippen molar-refractivity contribution < 1.29 is 0 Å². The summed E-state index contributed by atoms with van der Waals surface area (Å²) in [5.41, 5.74) is 0. The monoisotopic (exact) mass is 65.1 g/mol. The third-order valence-electron chi connectivity index (χ3n) is 0. The van der Waals surface area contributed by atoms with Crippen LogP contribution in [0.15, 0.2) is 0 Å². The van der Waals surface area contributed by atoms with E-state index in [2.05, 4.69) is 0 Å². The summed E-state index contributed by atoms with van der Waals surface area (Å²) in [6.45, 7) is 0. The maximum atomic E-state index is 0. The Bertz CT molecular complexity index is 3.25. The molecule has 0 aliphatic carbocycles. The normalized spacial score (nSPS) is 0. The third-order valence-corrected chi connectivity index (χ3v) is 0. The predicted octanol–water partition coefficient (Wildman–Crippen LogP) is 2.07. The first-order chi connectivity index (χ1) is 0. The maximum Gasteiger partial charge on any atom is -0.0776 e. The maximum absolute atomic E-state index is 0. The van der Waals surface area contributed by atoms with Crippen molar-refractivity contribution in [3.8, 4) is 0 Å². The van der Waals surface area contributed by atoms with E-state index >= 15 is 0 Å². The molecule has 1 heteroatoms. The summed E-state index contributed by atoms with van der Waals surface area (Å²) in [5, 5.41) is 0. The van der Waals surface area contributed by atoms with Crippen LogP contribution in [-0.2, 0) is 0 Å². The van der Waals surface area contributed by atoms with Gasteiger partial charge in [0.2, 0.25) is 0 Å². The second-order valence-corrected chi connectivity index (χ2v) is 0. The molecule has 4 heavy (non-hydrogen) atoms. The van der Waals surface area contributed by atoms with Crippen LogP contribution in [0.25, 0.3) is 0 Å². The lowest BCUT2D eigenvalue weighted by Crippen LogP contribution is -0.481. The molecule has 0 unspecified atom stereocenters. The first kappa shape index (κ1) is 21700. The smallest absolute Gasteiger partial charge is 0.0776 e. The van der Waals surface area contributed by atoms with Crippen molar-refractivity contribution in [3.05, 3.63) is 0 Å². The molecule has 0 saturated carbocycles. The summed E-state index contributed by atoms with van der Waals surface area (Å²) in [7, 11) is 0. The standard InChI is InChI=1S/3CH4.H3N/h3*1H4;1H3. The van der Waals surface area contributed by atoms with Crippen molar-refractivity contribution >= 4 is 0 Å². The second kappa shape index (κ2) is 7110. The highest BCUT2D eigenvalue weighted by Gasteiger charge is -0.0755. The Morgan fingerprint density at radius 3 is 0.500 bits per heavy atom. The molecule has 0 bridgehead atoms. The summed E-state index contributed by atoms with van der Waals surface area (Å²) in [6.07, 6.45) is 0. The zero-order valence-corrected chi connectivity index (χ0v) is 0.707. The summed E-state index contributed by atoms with van der Waals surface area (Å²) < 4.78 is 0. The number of rotatable bonds is 0. The fourth-order valence-electron chi connectivity index (χ4n) is 0. The lowest BCUT2D eigenvalue weighted by Gasteiger charge is -0.344. The summed E-state index contributed by atoms with van der Waals surface area (Å²) >= 11 is 0. The van der Waals surface area contributed by atoms with Crippen LogP contribution in [0.3, 0.4) is 0 Å². The van der Waals surface area contributed by atoms with Crippen LogP contribution in [-0.4, -0.2) is 0 Å². The van der Waals surface area contributed by atoms with Crippen LogP contribution in [0.4, 0.5) is 0 Å². The molecule has 0 aromatic carbocycles. The second-order valence-electron chi connectivity index (χ2n) is 0. The Morgan fingerprint density at radius 2 is 0.500 bits per heavy atom. The average molecular weight is 65.2 g/mol. The van der Waals surface area contributed by atoms with Crippen LogP contribution in [0.5, 0.6) is 0 Å². The Morgan fingerprint density at radius 1 is 0.500 bits per heavy atom. The van der Waals surface area contributed by atoms with E-state index in [1.165, 1.54) is 0 Å². The van der Waals surface area contributed by atoms with E-state index in [1.807, 2.05) is 0 Å². The minimum atomic E-state index is 0. The SMILES string of the molecule is C.C.C.N. The van der Waals surface area contributed by atoms with Gasteiger partial charge >= 0.3 is 0 Å². The summed E-state index contributed by atoms with van der Waals surface area (Å²) in [6, 6.07) is 0. The quantitative estimate of drug-likeness (QED) is 0.460. The van der Waals surface area contributed by atoms with Gasteiger partial charge in [-0.1, -0.05) is 22.3 Å². The number of hydrogen-bond acceptors (Lipinski definition) is 1. The van der Waals surface area contributed by atoms with Gasteiger partial charge in [-0.05, 0) is 0 Å². The lowest BCUT2D eigenvalue weighted by atomic mass is 12.0. The van der Waals surface area contributed by atoms with Crippen molar-refractivity contribution in [2.75, 3.05) is 0 Å². The van der Waals surface area contributed by atoms with Crippen molar-refractivity contribution in [3.63, 3.8) is 0 Å². The first-order valence-electron chi connectivity index (χ1n) is 0. The Labute approximate surface area is 29.6 Å². The Hall–Kier alpha value is -0.0400. The first-order valence-corrected chi connectivity index (χ1v) is 0. The van der Waals surface area contributed by atoms with E-state index in [0.717, 1.165) is 0 Å². The fourth-order valence-corrected chi connectivity index (χ4v) is 0. The van der Waals surface area contributed by atoms with Gasteiger partial charge in [0.1, 0.15) is 0 Å². The van der Waals surface area contributed by atoms with E-state index in [-0.39, 0.29) is 28.4 Å². The molecule has 0 radical (unpaired) electrons. The molecular weight excluding hydrogens is 50.0 g/mol. The van der Waals surface area contributed by atoms with Gasteiger partial charge < -0.3 is 6.15 Å². The molecule has 3 N–H and O–H groups in total. The van der Waals surface area contributed by atoms with E-state index in [4.69, 9.17) is 0 Å². The van der Waals surface area contributed by atoms with E-state index in [1.54, 1.807) is 0 Å². The molecule has 0 aliphatic rings. The largest absolute Gasteiger partial charge is 0.344 e. The van der Waals surface area contributed by atoms with Crippen LogP contribution in [0.1, 0.15) is 22.3 Å². The molecule has 0 heterocycles. The molecule has 32 valence electrons. The molecule has 0 amide bonds. The molecule has 0 aliphatic heterocycles. The van der Waals surface area contributed by atoms with Crippen molar-refractivity contribution in [1.29, 1.82) is 0 Å².